The molecule has 0 bridgehead atoms. The first-order chi connectivity index (χ1) is 14.0. The molecule has 2 aromatic carbocycles. The molecule has 29 heavy (non-hydrogen) atoms. The highest BCUT2D eigenvalue weighted by atomic mass is 16.2. The summed E-state index contributed by atoms with van der Waals surface area (Å²) in [5, 5.41) is 3.17. The Morgan fingerprint density at radius 3 is 2.48 bits per heavy atom. The summed E-state index contributed by atoms with van der Waals surface area (Å²) < 4.78 is 2.04. The van der Waals surface area contributed by atoms with Gasteiger partial charge in [-0.1, -0.05) is 44.2 Å². The van der Waals surface area contributed by atoms with Crippen molar-refractivity contribution >= 4 is 28.5 Å². The normalized spacial score (nSPS) is 17.9. The number of carbonyl (C=O) groups is 2. The summed E-state index contributed by atoms with van der Waals surface area (Å²) in [4.78, 5) is 32.0. The van der Waals surface area contributed by atoms with Crippen LogP contribution in [0.1, 0.15) is 32.1 Å². The lowest BCUT2D eigenvalue weighted by Gasteiger charge is -2.24. The molecule has 0 aliphatic carbocycles. The molecule has 150 valence electrons. The Kier molecular flexibility index (Phi) is 5.09. The minimum atomic E-state index is -0.362. The van der Waals surface area contributed by atoms with Gasteiger partial charge in [-0.2, -0.15) is 0 Å². The van der Waals surface area contributed by atoms with E-state index >= 15 is 0 Å². The highest BCUT2D eigenvalue weighted by Gasteiger charge is 2.36. The van der Waals surface area contributed by atoms with E-state index in [4.69, 9.17) is 4.98 Å². The Bertz CT molecular complexity index is 1040. The van der Waals surface area contributed by atoms with Gasteiger partial charge in [0, 0.05) is 25.7 Å². The van der Waals surface area contributed by atoms with Crippen molar-refractivity contribution in [2.24, 2.45) is 18.9 Å². The second-order valence-electron chi connectivity index (χ2n) is 7.99. The van der Waals surface area contributed by atoms with E-state index in [9.17, 15) is 9.59 Å². The number of hydrogen-bond donors (Lipinski definition) is 1. The lowest BCUT2D eigenvalue weighted by molar-refractivity contribution is -0.127. The molecule has 6 nitrogen and oxygen atoms in total. The number of benzene rings is 2. The zero-order chi connectivity index (χ0) is 20.5. The summed E-state index contributed by atoms with van der Waals surface area (Å²) >= 11 is 0. The van der Waals surface area contributed by atoms with Crippen LogP contribution in [0.4, 0.5) is 5.69 Å². The van der Waals surface area contributed by atoms with E-state index in [0.29, 0.717) is 6.54 Å². The number of aryl methyl sites for hydroxylation is 1. The largest absolute Gasteiger partial charge is 0.346 e. The van der Waals surface area contributed by atoms with E-state index < -0.39 is 0 Å². The minimum absolute atomic E-state index is 0.0137. The predicted molar refractivity (Wildman–Crippen MR) is 113 cm³/mol. The average molecular weight is 390 g/mol. The van der Waals surface area contributed by atoms with Crippen LogP contribution in [0, 0.1) is 11.8 Å². The molecule has 6 heteroatoms. The Hall–Kier alpha value is -3.15. The molecule has 1 saturated heterocycles. The maximum absolute atomic E-state index is 13.1. The monoisotopic (exact) mass is 390 g/mol. The number of para-hydroxylation sites is 3. The Morgan fingerprint density at radius 2 is 1.79 bits per heavy atom. The summed E-state index contributed by atoms with van der Waals surface area (Å²) in [5.41, 5.74) is 2.79. The topological polar surface area (TPSA) is 67.2 Å². The third kappa shape index (κ3) is 3.62. The number of nitrogens with zero attached hydrogens (tertiary/aromatic N) is 3. The molecular weight excluding hydrogens is 364 g/mol. The highest BCUT2D eigenvalue weighted by molar-refractivity contribution is 6.00. The number of aromatic nitrogens is 2. The lowest BCUT2D eigenvalue weighted by Crippen LogP contribution is -2.38. The fraction of sp³-hybridized carbons (Fsp3) is 0.348. The number of imidazole rings is 1. The summed E-state index contributed by atoms with van der Waals surface area (Å²) in [6.07, 6.45) is 0.230. The maximum Gasteiger partial charge on any atom is 0.227 e. The van der Waals surface area contributed by atoms with Gasteiger partial charge in [0.1, 0.15) is 5.82 Å². The van der Waals surface area contributed by atoms with E-state index in [0.717, 1.165) is 22.5 Å². The highest BCUT2D eigenvalue weighted by Crippen LogP contribution is 2.28. The van der Waals surface area contributed by atoms with Gasteiger partial charge in [-0.3, -0.25) is 9.59 Å². The molecule has 0 radical (unpaired) electrons. The molecule has 0 saturated carbocycles. The van der Waals surface area contributed by atoms with E-state index in [1.54, 1.807) is 4.90 Å². The van der Waals surface area contributed by atoms with Gasteiger partial charge in [0.05, 0.1) is 23.0 Å². The zero-order valence-electron chi connectivity index (χ0n) is 17.0. The van der Waals surface area contributed by atoms with Crippen molar-refractivity contribution in [1.29, 1.82) is 0 Å². The van der Waals surface area contributed by atoms with E-state index in [1.165, 1.54) is 0 Å². The molecule has 3 aromatic rings. The molecule has 2 heterocycles. The quantitative estimate of drug-likeness (QED) is 0.726. The summed E-state index contributed by atoms with van der Waals surface area (Å²) in [6, 6.07) is 17.2. The third-order valence-corrected chi connectivity index (χ3v) is 5.63. The van der Waals surface area contributed by atoms with Crippen LogP contribution in [0.15, 0.2) is 54.6 Å². The number of fused-ring (bicyclic) bond motifs is 1. The molecule has 0 spiro atoms. The van der Waals surface area contributed by atoms with Crippen molar-refractivity contribution in [3.8, 4) is 0 Å². The van der Waals surface area contributed by atoms with Gasteiger partial charge in [-0.05, 0) is 30.2 Å². The fourth-order valence-corrected chi connectivity index (χ4v) is 3.98. The van der Waals surface area contributed by atoms with E-state index in [-0.39, 0.29) is 36.1 Å². The first-order valence-corrected chi connectivity index (χ1v) is 10.0. The first kappa shape index (κ1) is 19.2. The molecule has 1 fully saturated rings. The van der Waals surface area contributed by atoms with Crippen LogP contribution in [0.25, 0.3) is 11.0 Å². The van der Waals surface area contributed by atoms with Crippen molar-refractivity contribution < 1.29 is 9.59 Å². The Morgan fingerprint density at radius 1 is 1.10 bits per heavy atom. The van der Waals surface area contributed by atoms with E-state index in [1.807, 2.05) is 66.2 Å². The number of hydrogen-bond acceptors (Lipinski definition) is 3. The van der Waals surface area contributed by atoms with Crippen LogP contribution in [0.2, 0.25) is 0 Å². The minimum Gasteiger partial charge on any atom is -0.346 e. The summed E-state index contributed by atoms with van der Waals surface area (Å²) in [5.74, 6) is 0.525. The summed E-state index contributed by atoms with van der Waals surface area (Å²) in [7, 11) is 1.97. The smallest absolute Gasteiger partial charge is 0.227 e. The maximum atomic E-state index is 13.1. The van der Waals surface area contributed by atoms with Gasteiger partial charge >= 0.3 is 0 Å². The standard InChI is InChI=1S/C23H26N4O2/c1-15(2)21(22-24-18-11-7-8-12-19(18)26(22)3)25-23(29)16-13-20(28)27(14-16)17-9-5-4-6-10-17/h4-12,15-16,21H,13-14H2,1-3H3,(H,25,29)/t16-,21-/m1/s1. The van der Waals surface area contributed by atoms with Crippen molar-refractivity contribution in [1.82, 2.24) is 14.9 Å². The number of anilines is 1. The molecule has 2 atom stereocenters. The molecule has 1 aliphatic heterocycles. The molecule has 1 aliphatic rings. The molecule has 0 unspecified atom stereocenters. The van der Waals surface area contributed by atoms with Gasteiger partial charge in [0.2, 0.25) is 11.8 Å². The Balaban J connectivity index is 1.54. The van der Waals surface area contributed by atoms with Gasteiger partial charge in [0.25, 0.3) is 0 Å². The number of rotatable bonds is 5. The van der Waals surface area contributed by atoms with Crippen molar-refractivity contribution in [3.63, 3.8) is 0 Å². The van der Waals surface area contributed by atoms with Crippen LogP contribution < -0.4 is 10.2 Å². The first-order valence-electron chi connectivity index (χ1n) is 10.0. The summed E-state index contributed by atoms with van der Waals surface area (Å²) in [6.45, 7) is 4.54. The predicted octanol–water partition coefficient (Wildman–Crippen LogP) is 3.44. The molecule has 4 rings (SSSR count). The fourth-order valence-electron chi connectivity index (χ4n) is 3.98. The van der Waals surface area contributed by atoms with Crippen LogP contribution in [-0.4, -0.2) is 27.9 Å². The van der Waals surface area contributed by atoms with Crippen molar-refractivity contribution in [2.45, 2.75) is 26.3 Å². The van der Waals surface area contributed by atoms with Crippen LogP contribution in [0.3, 0.4) is 0 Å². The van der Waals surface area contributed by atoms with Gasteiger partial charge in [0.15, 0.2) is 0 Å². The van der Waals surface area contributed by atoms with Crippen LogP contribution >= 0.6 is 0 Å². The molecule has 1 aromatic heterocycles. The third-order valence-electron chi connectivity index (χ3n) is 5.63. The molecule has 2 amide bonds. The van der Waals surface area contributed by atoms with Gasteiger partial charge < -0.3 is 14.8 Å². The van der Waals surface area contributed by atoms with Gasteiger partial charge in [-0.15, -0.1) is 0 Å². The van der Waals surface area contributed by atoms with Crippen LogP contribution in [-0.2, 0) is 16.6 Å². The van der Waals surface area contributed by atoms with Crippen molar-refractivity contribution in [2.75, 3.05) is 11.4 Å². The van der Waals surface area contributed by atoms with Crippen molar-refractivity contribution in [3.05, 3.63) is 60.4 Å². The SMILES string of the molecule is CC(C)[C@@H](NC(=O)[C@@H]1CC(=O)N(c2ccccc2)C1)c1nc2ccccc2n1C. The number of amides is 2. The molecule has 1 N–H and O–H groups in total. The van der Waals surface area contributed by atoms with E-state index in [2.05, 4.69) is 19.2 Å². The Labute approximate surface area is 170 Å². The number of carbonyl (C=O) groups excluding carboxylic acids is 2. The second-order valence-corrected chi connectivity index (χ2v) is 7.99. The number of nitrogens with one attached hydrogen (secondary N) is 1. The second kappa shape index (κ2) is 7.70. The average Bonchev–Trinajstić information content (AvgIpc) is 3.27. The van der Waals surface area contributed by atoms with Gasteiger partial charge in [-0.25, -0.2) is 4.98 Å². The molecular formula is C23H26N4O2. The van der Waals surface area contributed by atoms with Crippen LogP contribution in [0.5, 0.6) is 0 Å². The zero-order valence-corrected chi connectivity index (χ0v) is 17.0. The lowest BCUT2D eigenvalue weighted by atomic mass is 10.0.